The Kier molecular flexibility index (Phi) is 25.3. The Labute approximate surface area is 611 Å². The molecule has 111 heavy (non-hydrogen) atoms. The van der Waals surface area contributed by atoms with Crippen LogP contribution in [0.15, 0.2) is 68.2 Å². The summed E-state index contributed by atoms with van der Waals surface area (Å²) in [7, 11) is 0. The fourth-order valence-corrected chi connectivity index (χ4v) is 10.3. The SMILES string of the molecule is CC(COc1ccc(-c2noc(CCl)n2)cc1C(F)(F)F)(C(F)(F)F)C(F)(F)F.CC1(C)C(=O)N(Cc2nc(-c3ccc(OCC(C)(C(F)(F)F)C(F)(F)F)c(C(F)(F)F)c3)no2)C(=O)N1CCC1CCOCC1.CC1(C)CC(=O)N(Cc2nc(-c3ccc(OCC(C)(C(F)(F)F)C(F)(F)F)c(C(F)(F)F)c3)no2)C1=O. The molecule has 0 saturated carbocycles. The molecule has 0 N–H and O–H groups in total. The first kappa shape index (κ1) is 89.1. The normalized spacial score (nSPS) is 16.8. The molecular weight excluding hydrogens is 1610 g/mol. The number of hydrogen-bond acceptors (Lipinski definition) is 17. The first-order chi connectivity index (χ1) is 50.4. The van der Waals surface area contributed by atoms with Crippen molar-refractivity contribution in [1.29, 1.82) is 0 Å². The van der Waals surface area contributed by atoms with Crippen molar-refractivity contribution in [2.75, 3.05) is 39.6 Å². The summed E-state index contributed by atoms with van der Waals surface area (Å²) in [6.45, 7) is -0.294. The van der Waals surface area contributed by atoms with E-state index in [4.69, 9.17) is 25.4 Å². The number of urea groups is 1. The number of rotatable bonds is 20. The molecule has 0 atom stereocenters. The molecule has 3 aliphatic rings. The van der Waals surface area contributed by atoms with Crippen LogP contribution in [0, 0.1) is 27.6 Å². The summed E-state index contributed by atoms with van der Waals surface area (Å²) < 4.78 is 390. The van der Waals surface area contributed by atoms with Crippen molar-refractivity contribution in [3.8, 4) is 51.4 Å². The average Bonchev–Trinajstić information content (AvgIpc) is 1.75. The summed E-state index contributed by atoms with van der Waals surface area (Å²) in [5.41, 5.74) is -21.4. The second-order valence-electron chi connectivity index (χ2n) is 26.7. The Morgan fingerprint density at radius 2 is 0.775 bits per heavy atom. The van der Waals surface area contributed by atoms with Crippen LogP contribution in [0.25, 0.3) is 34.2 Å². The summed E-state index contributed by atoms with van der Waals surface area (Å²) in [5, 5.41) is 10.4. The molecule has 0 aliphatic carbocycles. The predicted molar refractivity (Wildman–Crippen MR) is 320 cm³/mol. The molecule has 3 aromatic heterocycles. The first-order valence-electron chi connectivity index (χ1n) is 31.5. The monoisotopic (exact) mass is 1660 g/mol. The van der Waals surface area contributed by atoms with Gasteiger partial charge in [0.1, 0.15) is 61.6 Å². The maximum Gasteiger partial charge on any atom is 0.419 e. The molecule has 6 heterocycles. The van der Waals surface area contributed by atoms with Gasteiger partial charge in [-0.15, -0.1) is 11.6 Å². The minimum Gasteiger partial charge on any atom is -0.492 e. The Morgan fingerprint density at radius 3 is 1.06 bits per heavy atom. The molecule has 0 spiro atoms. The molecule has 0 bridgehead atoms. The van der Waals surface area contributed by atoms with Crippen LogP contribution in [-0.2, 0) is 56.6 Å². The van der Waals surface area contributed by atoms with Crippen LogP contribution in [0.3, 0.4) is 0 Å². The van der Waals surface area contributed by atoms with Crippen molar-refractivity contribution >= 4 is 35.4 Å². The lowest BCUT2D eigenvalue weighted by atomic mass is 9.90. The number of carbonyl (C=O) groups excluding carboxylic acids is 4. The van der Waals surface area contributed by atoms with E-state index in [1.165, 1.54) is 4.90 Å². The zero-order valence-electron chi connectivity index (χ0n) is 57.6. The predicted octanol–water partition coefficient (Wildman–Crippen LogP) is 18.2. The van der Waals surface area contributed by atoms with E-state index in [0.29, 0.717) is 68.5 Å². The van der Waals surface area contributed by atoms with E-state index in [-0.39, 0.29) is 73.3 Å². The van der Waals surface area contributed by atoms with Crippen molar-refractivity contribution in [2.24, 2.45) is 27.6 Å². The zero-order chi connectivity index (χ0) is 84.0. The topological polar surface area (TPSA) is 232 Å². The number of benzene rings is 3. The lowest BCUT2D eigenvalue weighted by molar-refractivity contribution is -0.341. The molecular formula is C63H57ClF27N9O11. The van der Waals surface area contributed by atoms with Gasteiger partial charge < -0.3 is 37.4 Å². The van der Waals surface area contributed by atoms with Gasteiger partial charge in [0.2, 0.25) is 47.0 Å². The minimum atomic E-state index is -5.88. The first-order valence-corrected chi connectivity index (χ1v) is 32.0. The van der Waals surface area contributed by atoms with Crippen molar-refractivity contribution in [2.45, 2.75) is 154 Å². The molecule has 0 unspecified atom stereocenters. The molecule has 3 aliphatic heterocycles. The molecule has 5 amide bonds. The van der Waals surface area contributed by atoms with Crippen LogP contribution in [0.4, 0.5) is 123 Å². The van der Waals surface area contributed by atoms with Gasteiger partial charge in [0.25, 0.3) is 5.91 Å². The van der Waals surface area contributed by atoms with Crippen LogP contribution in [-0.4, -0.2) is 151 Å². The summed E-state index contributed by atoms with van der Waals surface area (Å²) in [5.74, 6) is -7.24. The van der Waals surface area contributed by atoms with Gasteiger partial charge in [0.15, 0.2) is 16.2 Å². The third-order valence-electron chi connectivity index (χ3n) is 17.8. The van der Waals surface area contributed by atoms with E-state index in [0.717, 1.165) is 40.8 Å². The Bertz CT molecular complexity index is 4260. The second kappa shape index (κ2) is 31.5. The van der Waals surface area contributed by atoms with Crippen LogP contribution in [0.5, 0.6) is 17.2 Å². The second-order valence-corrected chi connectivity index (χ2v) is 27.0. The van der Waals surface area contributed by atoms with E-state index in [2.05, 4.69) is 49.2 Å². The van der Waals surface area contributed by atoms with Crippen molar-refractivity contribution in [3.63, 3.8) is 0 Å². The van der Waals surface area contributed by atoms with Crippen molar-refractivity contribution in [1.82, 2.24) is 45.1 Å². The van der Waals surface area contributed by atoms with Gasteiger partial charge in [-0.25, -0.2) is 4.79 Å². The standard InChI is InChI=1S/C27H29F9N4O5.C21H18F9N3O4.C15H10ClF9N2O2/c1-23(2)21(41)39(22(42)40(23)9-6-15-7-10-43-11-8-15)13-19-37-20(38-45-19)16-4-5-18(17(12-16)25(28,29)30)44-14-24(3,26(31,32)33)27(34,35)36;1-17(2)7-14(34)33(16(17)35)8-13-31-15(32-37-13)10-4-5-12(11(6-10)19(22,23)24)36-9-18(3,20(25,26)27)21(28,29)30;1-12(14(20,21)22,15(23,24)25)6-28-9-3-2-7(4-8(9)13(17,18)19)11-26-10(5-16)29-27-11/h4-5,12,15H,6-11,13-14H2,1-3H3;4-6H,7-9H2,1-3H3;2-4H,5-6H2,1H3. The Hall–Kier alpha value is -9.08. The van der Waals surface area contributed by atoms with Gasteiger partial charge in [-0.1, -0.05) is 29.3 Å². The van der Waals surface area contributed by atoms with Gasteiger partial charge in [0, 0.05) is 42.9 Å². The smallest absolute Gasteiger partial charge is 0.419 e. The highest BCUT2D eigenvalue weighted by atomic mass is 35.5. The molecule has 616 valence electrons. The molecule has 3 saturated heterocycles. The van der Waals surface area contributed by atoms with E-state index in [1.807, 2.05) is 0 Å². The van der Waals surface area contributed by atoms with Crippen LogP contribution < -0.4 is 14.2 Å². The van der Waals surface area contributed by atoms with Gasteiger partial charge >= 0.3 is 61.6 Å². The molecule has 0 radical (unpaired) electrons. The highest BCUT2D eigenvalue weighted by Gasteiger charge is 2.71. The highest BCUT2D eigenvalue weighted by molar-refractivity contribution is 6.16. The van der Waals surface area contributed by atoms with Crippen molar-refractivity contribution in [3.05, 3.63) is 89.0 Å². The number of amides is 5. The molecule has 20 nitrogen and oxygen atoms in total. The summed E-state index contributed by atoms with van der Waals surface area (Å²) in [6.07, 6.45) is -48.5. The minimum absolute atomic E-state index is 0.0784. The maximum absolute atomic E-state index is 13.8. The third kappa shape index (κ3) is 19.5. The van der Waals surface area contributed by atoms with E-state index in [9.17, 15) is 138 Å². The number of likely N-dealkylation sites (tertiary alicyclic amines) is 1. The fourth-order valence-electron chi connectivity index (χ4n) is 10.2. The van der Waals surface area contributed by atoms with Gasteiger partial charge in [0.05, 0.1) is 22.1 Å². The molecule has 9 rings (SSSR count). The zero-order valence-corrected chi connectivity index (χ0v) is 58.3. The number of aromatic nitrogens is 6. The summed E-state index contributed by atoms with van der Waals surface area (Å²) in [6, 6.07) is 4.82. The molecule has 6 aromatic rings. The third-order valence-corrected chi connectivity index (χ3v) is 18.0. The number of ether oxygens (including phenoxy) is 4. The lowest BCUT2D eigenvalue weighted by Gasteiger charge is -2.33. The number of hydrogen-bond donors (Lipinski definition) is 0. The molecule has 3 fully saturated rings. The lowest BCUT2D eigenvalue weighted by Crippen LogP contribution is -2.51. The number of imide groups is 2. The Morgan fingerprint density at radius 1 is 0.459 bits per heavy atom. The maximum atomic E-state index is 13.8. The highest BCUT2D eigenvalue weighted by Crippen LogP contribution is 2.55. The molecule has 3 aromatic carbocycles. The number of halogens is 28. The molecule has 48 heteroatoms. The summed E-state index contributed by atoms with van der Waals surface area (Å²) in [4.78, 5) is 65.2. The van der Waals surface area contributed by atoms with E-state index < -0.39 is 185 Å². The van der Waals surface area contributed by atoms with Gasteiger partial charge in [-0.2, -0.15) is 133 Å². The summed E-state index contributed by atoms with van der Waals surface area (Å²) >= 11 is 5.43. The fraction of sp³-hybridized carbons (Fsp3) is 0.556. The quantitative estimate of drug-likeness (QED) is 0.0299. The number of alkyl halides is 28. The van der Waals surface area contributed by atoms with Crippen LogP contribution in [0.2, 0.25) is 0 Å². The van der Waals surface area contributed by atoms with Crippen molar-refractivity contribution < 1.29 is 170 Å². The number of carbonyl (C=O) groups is 4. The number of nitrogens with zero attached hydrogens (tertiary/aromatic N) is 9. The average molecular weight is 1660 g/mol. The van der Waals surface area contributed by atoms with Crippen LogP contribution in [0.1, 0.15) is 109 Å². The van der Waals surface area contributed by atoms with Gasteiger partial charge in [-0.05, 0) is 114 Å². The van der Waals surface area contributed by atoms with Crippen LogP contribution >= 0.6 is 11.6 Å². The largest absolute Gasteiger partial charge is 0.492 e. The van der Waals surface area contributed by atoms with Gasteiger partial charge in [-0.3, -0.25) is 24.2 Å². The van der Waals surface area contributed by atoms with E-state index in [1.54, 1.807) is 27.7 Å². The van der Waals surface area contributed by atoms with E-state index >= 15 is 0 Å². The Balaban J connectivity index is 0.000000237.